The van der Waals surface area contributed by atoms with E-state index in [9.17, 15) is 4.79 Å². The van der Waals surface area contributed by atoms with Gasteiger partial charge in [-0.2, -0.15) is 0 Å². The van der Waals surface area contributed by atoms with Crippen molar-refractivity contribution in [2.45, 2.75) is 0 Å². The Balaban J connectivity index is 2.09. The predicted octanol–water partition coefficient (Wildman–Crippen LogP) is 3.64. The second-order valence-corrected chi connectivity index (χ2v) is 6.14. The summed E-state index contributed by atoms with van der Waals surface area (Å²) in [5, 5.41) is 2.74. The number of carbonyl (C=O) groups excluding carboxylic acids is 1. The molecule has 0 radical (unpaired) electrons. The molecule has 0 saturated carbocycles. The number of anilines is 1. The van der Waals surface area contributed by atoms with Crippen LogP contribution in [0.5, 0.6) is 5.75 Å². The number of benzene rings is 1. The molecule has 1 amide bonds. The van der Waals surface area contributed by atoms with Gasteiger partial charge < -0.3 is 15.8 Å². The molecule has 0 aliphatic heterocycles. The first-order valence-electron chi connectivity index (χ1n) is 5.79. The molecule has 0 spiro atoms. The monoisotopic (exact) mass is 330 g/mol. The number of amides is 1. The van der Waals surface area contributed by atoms with Gasteiger partial charge in [0.25, 0.3) is 5.91 Å². The molecular weight excluding hydrogens is 319 g/mol. The molecule has 0 aliphatic carbocycles. The Morgan fingerprint density at radius 2 is 2.15 bits per heavy atom. The van der Waals surface area contributed by atoms with Gasteiger partial charge >= 0.3 is 0 Å². The maximum Gasteiger partial charge on any atom is 0.258 e. The number of thiophene rings is 1. The van der Waals surface area contributed by atoms with E-state index in [1.54, 1.807) is 30.3 Å². The van der Waals surface area contributed by atoms with Crippen molar-refractivity contribution in [3.05, 3.63) is 44.6 Å². The highest BCUT2D eigenvalue weighted by atomic mass is 35.5. The van der Waals surface area contributed by atoms with Gasteiger partial charge in [-0.25, -0.2) is 0 Å². The smallest absolute Gasteiger partial charge is 0.258 e. The molecule has 7 heteroatoms. The number of rotatable bonds is 5. The van der Waals surface area contributed by atoms with Gasteiger partial charge in [0.05, 0.1) is 9.90 Å². The van der Waals surface area contributed by atoms with Crippen LogP contribution in [0.1, 0.15) is 10.4 Å². The average molecular weight is 331 g/mol. The SMILES string of the molecule is NCCOc1cccc(NC(=O)c2cc(Cl)sc2Cl)c1. The van der Waals surface area contributed by atoms with E-state index in [0.29, 0.717) is 38.8 Å². The zero-order valence-electron chi connectivity index (χ0n) is 10.4. The summed E-state index contributed by atoms with van der Waals surface area (Å²) in [7, 11) is 0. The molecular formula is C13H12Cl2N2O2S. The highest BCUT2D eigenvalue weighted by Gasteiger charge is 2.14. The standard InChI is InChI=1S/C13H12Cl2N2O2S/c14-11-7-10(12(15)20-11)13(18)17-8-2-1-3-9(6-8)19-5-4-16/h1-3,6-7H,4-5,16H2,(H,17,18). The van der Waals surface area contributed by atoms with Crippen molar-refractivity contribution in [3.63, 3.8) is 0 Å². The number of nitrogens with one attached hydrogen (secondary N) is 1. The minimum Gasteiger partial charge on any atom is -0.492 e. The van der Waals surface area contributed by atoms with Crippen molar-refractivity contribution < 1.29 is 9.53 Å². The molecule has 4 nitrogen and oxygen atoms in total. The third-order valence-electron chi connectivity index (χ3n) is 2.38. The molecule has 0 aliphatic rings. The Bertz CT molecular complexity index is 616. The van der Waals surface area contributed by atoms with Crippen molar-refractivity contribution in [2.75, 3.05) is 18.5 Å². The van der Waals surface area contributed by atoms with Gasteiger partial charge in [-0.05, 0) is 18.2 Å². The van der Waals surface area contributed by atoms with Crippen LogP contribution in [0.3, 0.4) is 0 Å². The first-order valence-corrected chi connectivity index (χ1v) is 7.36. The summed E-state index contributed by atoms with van der Waals surface area (Å²) in [5.74, 6) is 0.330. The molecule has 1 aromatic carbocycles. The second-order valence-electron chi connectivity index (χ2n) is 3.86. The van der Waals surface area contributed by atoms with E-state index in [0.717, 1.165) is 11.3 Å². The lowest BCUT2D eigenvalue weighted by molar-refractivity contribution is 0.102. The number of nitrogens with two attached hydrogens (primary N) is 1. The molecule has 20 heavy (non-hydrogen) atoms. The molecule has 0 bridgehead atoms. The van der Waals surface area contributed by atoms with E-state index in [-0.39, 0.29) is 5.91 Å². The van der Waals surface area contributed by atoms with Crippen molar-refractivity contribution in [1.29, 1.82) is 0 Å². The summed E-state index contributed by atoms with van der Waals surface area (Å²) < 4.78 is 6.23. The largest absolute Gasteiger partial charge is 0.492 e. The first-order chi connectivity index (χ1) is 9.60. The number of hydrogen-bond donors (Lipinski definition) is 2. The van der Waals surface area contributed by atoms with E-state index < -0.39 is 0 Å². The van der Waals surface area contributed by atoms with Gasteiger partial charge in [0.2, 0.25) is 0 Å². The van der Waals surface area contributed by atoms with Crippen molar-refractivity contribution >= 4 is 46.1 Å². The highest BCUT2D eigenvalue weighted by Crippen LogP contribution is 2.31. The van der Waals surface area contributed by atoms with Gasteiger partial charge in [-0.3, -0.25) is 4.79 Å². The number of halogens is 2. The zero-order chi connectivity index (χ0) is 14.5. The van der Waals surface area contributed by atoms with Gasteiger partial charge in [-0.1, -0.05) is 29.3 Å². The maximum atomic E-state index is 12.1. The minimum atomic E-state index is -0.311. The van der Waals surface area contributed by atoms with E-state index in [1.807, 2.05) is 0 Å². The Hall–Kier alpha value is -1.27. The second kappa shape index (κ2) is 6.95. The maximum absolute atomic E-state index is 12.1. The predicted molar refractivity (Wildman–Crippen MR) is 83.3 cm³/mol. The number of carbonyl (C=O) groups is 1. The number of hydrogen-bond acceptors (Lipinski definition) is 4. The van der Waals surface area contributed by atoms with E-state index >= 15 is 0 Å². The zero-order valence-corrected chi connectivity index (χ0v) is 12.7. The lowest BCUT2D eigenvalue weighted by Gasteiger charge is -2.08. The molecule has 1 heterocycles. The van der Waals surface area contributed by atoms with E-state index in [4.69, 9.17) is 33.7 Å². The molecule has 2 aromatic rings. The summed E-state index contributed by atoms with van der Waals surface area (Å²) in [6, 6.07) is 8.59. The minimum absolute atomic E-state index is 0.311. The molecule has 0 atom stereocenters. The van der Waals surface area contributed by atoms with Gasteiger partial charge in [-0.15, -0.1) is 11.3 Å². The summed E-state index contributed by atoms with van der Waals surface area (Å²) >= 11 is 12.9. The third kappa shape index (κ3) is 3.86. The van der Waals surface area contributed by atoms with E-state index in [2.05, 4.69) is 5.32 Å². The Morgan fingerprint density at radius 1 is 1.35 bits per heavy atom. The van der Waals surface area contributed by atoms with Crippen molar-refractivity contribution in [2.24, 2.45) is 5.73 Å². The van der Waals surface area contributed by atoms with Crippen LogP contribution < -0.4 is 15.8 Å². The average Bonchev–Trinajstić information content (AvgIpc) is 2.76. The van der Waals surface area contributed by atoms with Crippen molar-refractivity contribution in [1.82, 2.24) is 0 Å². The summed E-state index contributed by atoms with van der Waals surface area (Å²) in [4.78, 5) is 12.1. The quantitative estimate of drug-likeness (QED) is 0.879. The van der Waals surface area contributed by atoms with Crippen LogP contribution in [0, 0.1) is 0 Å². The van der Waals surface area contributed by atoms with Crippen LogP contribution in [0.4, 0.5) is 5.69 Å². The summed E-state index contributed by atoms with van der Waals surface area (Å²) in [6.07, 6.45) is 0. The van der Waals surface area contributed by atoms with Crippen LogP contribution in [-0.2, 0) is 0 Å². The molecule has 2 rings (SSSR count). The fraction of sp³-hybridized carbons (Fsp3) is 0.154. The summed E-state index contributed by atoms with van der Waals surface area (Å²) in [6.45, 7) is 0.850. The van der Waals surface area contributed by atoms with E-state index in [1.165, 1.54) is 0 Å². The Labute approximate surface area is 130 Å². The molecule has 0 unspecified atom stereocenters. The molecule has 0 fully saturated rings. The summed E-state index contributed by atoms with van der Waals surface area (Å²) in [5.41, 5.74) is 6.34. The first kappa shape index (κ1) is 15.1. The Morgan fingerprint density at radius 3 is 2.80 bits per heavy atom. The lowest BCUT2D eigenvalue weighted by atomic mass is 10.2. The van der Waals surface area contributed by atoms with Crippen LogP contribution in [0.15, 0.2) is 30.3 Å². The number of ether oxygens (including phenoxy) is 1. The van der Waals surface area contributed by atoms with Crippen LogP contribution in [0.2, 0.25) is 8.67 Å². The fourth-order valence-electron chi connectivity index (χ4n) is 1.53. The molecule has 1 aromatic heterocycles. The van der Waals surface area contributed by atoms with Crippen molar-refractivity contribution in [3.8, 4) is 5.75 Å². The highest BCUT2D eigenvalue weighted by molar-refractivity contribution is 7.20. The molecule has 3 N–H and O–H groups in total. The van der Waals surface area contributed by atoms with Crippen LogP contribution >= 0.6 is 34.5 Å². The van der Waals surface area contributed by atoms with Crippen LogP contribution in [0.25, 0.3) is 0 Å². The van der Waals surface area contributed by atoms with Gasteiger partial charge in [0.1, 0.15) is 16.7 Å². The Kier molecular flexibility index (Phi) is 5.25. The third-order valence-corrected chi connectivity index (χ3v) is 3.87. The van der Waals surface area contributed by atoms with Gasteiger partial charge in [0.15, 0.2) is 0 Å². The molecule has 106 valence electrons. The lowest BCUT2D eigenvalue weighted by Crippen LogP contribution is -2.12. The topological polar surface area (TPSA) is 64.3 Å². The normalized spacial score (nSPS) is 10.3. The van der Waals surface area contributed by atoms with Crippen LogP contribution in [-0.4, -0.2) is 19.1 Å². The molecule has 0 saturated heterocycles. The fourth-order valence-corrected chi connectivity index (χ4v) is 2.99. The van der Waals surface area contributed by atoms with Gasteiger partial charge in [0, 0.05) is 18.3 Å².